The van der Waals surface area contributed by atoms with Crippen molar-refractivity contribution in [3.63, 3.8) is 0 Å². The van der Waals surface area contributed by atoms with E-state index in [1.54, 1.807) is 6.07 Å². The Bertz CT molecular complexity index is 477. The number of carbonyl (C=O) groups is 2. The minimum atomic E-state index is -0.480. The van der Waals surface area contributed by atoms with Crippen LogP contribution >= 0.6 is 0 Å². The average Bonchev–Trinajstić information content (AvgIpc) is 2.46. The van der Waals surface area contributed by atoms with Crippen molar-refractivity contribution in [2.75, 3.05) is 13.7 Å². The number of benzene rings is 1. The second-order valence-corrected chi connectivity index (χ2v) is 5.48. The van der Waals surface area contributed by atoms with Crippen molar-refractivity contribution in [1.29, 1.82) is 0 Å². The summed E-state index contributed by atoms with van der Waals surface area (Å²) in [7, 11) is 1.39. The van der Waals surface area contributed by atoms with Crippen molar-refractivity contribution in [3.8, 4) is 0 Å². The lowest BCUT2D eigenvalue weighted by Crippen LogP contribution is -2.18. The van der Waals surface area contributed by atoms with Crippen molar-refractivity contribution >= 4 is 11.8 Å². The van der Waals surface area contributed by atoms with E-state index in [1.807, 2.05) is 18.2 Å². The van der Waals surface area contributed by atoms with E-state index in [1.165, 1.54) is 7.11 Å². The second-order valence-electron chi connectivity index (χ2n) is 5.48. The zero-order chi connectivity index (χ0) is 15.2. The number of rotatable bonds is 7. The Kier molecular flexibility index (Phi) is 5.89. The van der Waals surface area contributed by atoms with Crippen LogP contribution in [-0.4, -0.2) is 30.6 Å². The van der Waals surface area contributed by atoms with E-state index < -0.39 is 6.61 Å². The smallest absolute Gasteiger partial charge is 0.305 e. The van der Waals surface area contributed by atoms with Crippen LogP contribution < -0.4 is 0 Å². The Morgan fingerprint density at radius 3 is 2.60 bits per heavy atom. The molecule has 0 amide bonds. The van der Waals surface area contributed by atoms with E-state index in [0.29, 0.717) is 12.0 Å². The van der Waals surface area contributed by atoms with E-state index in [4.69, 9.17) is 5.11 Å². The first-order chi connectivity index (χ1) is 9.40. The van der Waals surface area contributed by atoms with Crippen LogP contribution in [-0.2, 0) is 14.9 Å². The summed E-state index contributed by atoms with van der Waals surface area (Å²) in [6.45, 7) is 3.67. The highest BCUT2D eigenvalue weighted by Crippen LogP contribution is 2.29. The fourth-order valence-electron chi connectivity index (χ4n) is 2.13. The Balaban J connectivity index is 2.76. The summed E-state index contributed by atoms with van der Waals surface area (Å²) in [5.41, 5.74) is 1.41. The Labute approximate surface area is 119 Å². The predicted molar refractivity (Wildman–Crippen MR) is 76.8 cm³/mol. The number of ketones is 1. The van der Waals surface area contributed by atoms with Crippen LogP contribution in [0, 0.1) is 0 Å². The number of aliphatic hydroxyl groups excluding tert-OH is 1. The fourth-order valence-corrected chi connectivity index (χ4v) is 2.13. The van der Waals surface area contributed by atoms with E-state index in [0.717, 1.165) is 18.4 Å². The third-order valence-electron chi connectivity index (χ3n) is 3.52. The predicted octanol–water partition coefficient (Wildman–Crippen LogP) is 2.48. The first-order valence-electron chi connectivity index (χ1n) is 6.72. The molecule has 0 saturated carbocycles. The summed E-state index contributed by atoms with van der Waals surface area (Å²) in [6.07, 6.45) is 1.95. The van der Waals surface area contributed by atoms with E-state index >= 15 is 0 Å². The molecule has 0 heterocycles. The molecule has 20 heavy (non-hydrogen) atoms. The fraction of sp³-hybridized carbons (Fsp3) is 0.500. The van der Waals surface area contributed by atoms with Crippen molar-refractivity contribution in [2.45, 2.75) is 38.5 Å². The van der Waals surface area contributed by atoms with Gasteiger partial charge in [0.25, 0.3) is 0 Å². The average molecular weight is 278 g/mol. The normalized spacial score (nSPS) is 11.2. The van der Waals surface area contributed by atoms with Gasteiger partial charge in [0, 0.05) is 12.0 Å². The molecule has 0 aliphatic carbocycles. The molecule has 0 spiro atoms. The molecule has 0 saturated heterocycles. The van der Waals surface area contributed by atoms with Gasteiger partial charge in [-0.15, -0.1) is 0 Å². The van der Waals surface area contributed by atoms with E-state index in [-0.39, 0.29) is 17.2 Å². The van der Waals surface area contributed by atoms with Crippen LogP contribution in [0.4, 0.5) is 0 Å². The minimum absolute atomic E-state index is 0.139. The monoisotopic (exact) mass is 278 g/mol. The zero-order valence-electron chi connectivity index (χ0n) is 12.3. The van der Waals surface area contributed by atoms with Crippen molar-refractivity contribution in [2.24, 2.45) is 0 Å². The second kappa shape index (κ2) is 7.20. The summed E-state index contributed by atoms with van der Waals surface area (Å²) in [6, 6.07) is 7.30. The van der Waals surface area contributed by atoms with E-state index in [9.17, 15) is 9.59 Å². The molecule has 1 rings (SSSR count). The van der Waals surface area contributed by atoms with Crippen molar-refractivity contribution < 1.29 is 19.4 Å². The van der Waals surface area contributed by atoms with Crippen molar-refractivity contribution in [1.82, 2.24) is 0 Å². The molecule has 0 aliphatic rings. The molecule has 0 bridgehead atoms. The number of hydrogen-bond donors (Lipinski definition) is 1. The third-order valence-corrected chi connectivity index (χ3v) is 3.52. The highest BCUT2D eigenvalue weighted by atomic mass is 16.5. The van der Waals surface area contributed by atoms with Gasteiger partial charge in [-0.05, 0) is 29.9 Å². The van der Waals surface area contributed by atoms with Gasteiger partial charge in [0.15, 0.2) is 5.78 Å². The van der Waals surface area contributed by atoms with Gasteiger partial charge in [-0.3, -0.25) is 9.59 Å². The lowest BCUT2D eigenvalue weighted by molar-refractivity contribution is -0.140. The molecule has 110 valence electrons. The summed E-state index contributed by atoms with van der Waals surface area (Å²) >= 11 is 0. The van der Waals surface area contributed by atoms with Gasteiger partial charge in [0.1, 0.15) is 6.61 Å². The SMILES string of the molecule is COC(=O)CCCC(C)(C)c1cccc(C(=O)CO)c1. The molecule has 0 fully saturated rings. The Morgan fingerprint density at radius 1 is 1.30 bits per heavy atom. The summed E-state index contributed by atoms with van der Waals surface area (Å²) in [5, 5.41) is 8.91. The van der Waals surface area contributed by atoms with Gasteiger partial charge in [-0.25, -0.2) is 0 Å². The number of ether oxygens (including phenoxy) is 1. The molecule has 0 unspecified atom stereocenters. The topological polar surface area (TPSA) is 63.6 Å². The first kappa shape index (κ1) is 16.4. The third kappa shape index (κ3) is 4.46. The molecule has 0 aromatic heterocycles. The number of carbonyl (C=O) groups excluding carboxylic acids is 2. The van der Waals surface area contributed by atoms with Gasteiger partial charge in [-0.2, -0.15) is 0 Å². The van der Waals surface area contributed by atoms with Gasteiger partial charge in [0.2, 0.25) is 0 Å². The maximum atomic E-state index is 11.5. The number of esters is 1. The minimum Gasteiger partial charge on any atom is -0.469 e. The lowest BCUT2D eigenvalue weighted by Gasteiger charge is -2.25. The van der Waals surface area contributed by atoms with Crippen LogP contribution in [0.3, 0.4) is 0 Å². The van der Waals surface area contributed by atoms with Gasteiger partial charge < -0.3 is 9.84 Å². The Hall–Kier alpha value is -1.68. The van der Waals surface area contributed by atoms with Crippen LogP contribution in [0.15, 0.2) is 24.3 Å². The number of aliphatic hydroxyl groups is 1. The molecule has 1 aromatic rings. The molecule has 4 heteroatoms. The van der Waals surface area contributed by atoms with Gasteiger partial charge in [-0.1, -0.05) is 32.0 Å². The molecule has 1 aromatic carbocycles. The first-order valence-corrected chi connectivity index (χ1v) is 6.72. The molecule has 0 atom stereocenters. The highest BCUT2D eigenvalue weighted by molar-refractivity contribution is 5.97. The van der Waals surface area contributed by atoms with E-state index in [2.05, 4.69) is 18.6 Å². The maximum absolute atomic E-state index is 11.5. The maximum Gasteiger partial charge on any atom is 0.305 e. The largest absolute Gasteiger partial charge is 0.469 e. The quantitative estimate of drug-likeness (QED) is 0.615. The van der Waals surface area contributed by atoms with Gasteiger partial charge >= 0.3 is 5.97 Å². The van der Waals surface area contributed by atoms with Crippen LogP contribution in [0.2, 0.25) is 0 Å². The molecular weight excluding hydrogens is 256 g/mol. The molecule has 0 radical (unpaired) electrons. The number of hydrogen-bond acceptors (Lipinski definition) is 4. The van der Waals surface area contributed by atoms with Gasteiger partial charge in [0.05, 0.1) is 7.11 Å². The number of Topliss-reactive ketones (excluding diaryl/α,β-unsaturated/α-hetero) is 1. The Morgan fingerprint density at radius 2 is 2.00 bits per heavy atom. The summed E-state index contributed by atoms with van der Waals surface area (Å²) in [5.74, 6) is -0.484. The van der Waals surface area contributed by atoms with Crippen LogP contribution in [0.25, 0.3) is 0 Å². The van der Waals surface area contributed by atoms with Crippen molar-refractivity contribution in [3.05, 3.63) is 35.4 Å². The lowest BCUT2D eigenvalue weighted by atomic mass is 9.79. The summed E-state index contributed by atoms with van der Waals surface area (Å²) < 4.78 is 4.62. The highest BCUT2D eigenvalue weighted by Gasteiger charge is 2.21. The van der Waals surface area contributed by atoms with Crippen LogP contribution in [0.5, 0.6) is 0 Å². The number of methoxy groups -OCH3 is 1. The molecule has 1 N–H and O–H groups in total. The molecule has 0 aliphatic heterocycles. The standard InChI is InChI=1S/C16H22O4/c1-16(2,9-5-8-15(19)20-3)13-7-4-6-12(10-13)14(18)11-17/h4,6-7,10,17H,5,8-9,11H2,1-3H3. The zero-order valence-corrected chi connectivity index (χ0v) is 12.3. The van der Waals surface area contributed by atoms with Crippen LogP contribution in [0.1, 0.15) is 49.0 Å². The molecule has 4 nitrogen and oxygen atoms in total. The molecular formula is C16H22O4. The summed E-state index contributed by atoms with van der Waals surface area (Å²) in [4.78, 5) is 22.6.